The normalized spacial score (nSPS) is 11.7. The molecule has 146 valence electrons. The molecule has 0 spiro atoms. The molecule has 0 aliphatic rings. The summed E-state index contributed by atoms with van der Waals surface area (Å²) in [4.78, 5) is 31.1. The van der Waals surface area contributed by atoms with Crippen molar-refractivity contribution in [3.05, 3.63) is 79.6 Å². The molecule has 0 radical (unpaired) electrons. The van der Waals surface area contributed by atoms with Gasteiger partial charge in [-0.15, -0.1) is 0 Å². The van der Waals surface area contributed by atoms with Gasteiger partial charge in [0.15, 0.2) is 0 Å². The molecule has 1 N–H and O–H groups in total. The topological polar surface area (TPSA) is 93.8 Å². The van der Waals surface area contributed by atoms with E-state index in [-0.39, 0.29) is 6.04 Å². The first-order chi connectivity index (χ1) is 13.9. The van der Waals surface area contributed by atoms with Gasteiger partial charge in [-0.05, 0) is 49.8 Å². The number of aromatic nitrogens is 4. The number of hydrogen-bond acceptors (Lipinski definition) is 5. The van der Waals surface area contributed by atoms with E-state index in [9.17, 15) is 9.59 Å². The Morgan fingerprint density at radius 2 is 1.93 bits per heavy atom. The third kappa shape index (κ3) is 3.64. The Bertz CT molecular complexity index is 1350. The van der Waals surface area contributed by atoms with Gasteiger partial charge in [0.05, 0.1) is 11.0 Å². The number of hydrogen-bond donors (Lipinski definition) is 1. The van der Waals surface area contributed by atoms with E-state index in [1.54, 1.807) is 36.4 Å². The van der Waals surface area contributed by atoms with Crippen LogP contribution >= 0.6 is 11.6 Å². The third-order valence-electron chi connectivity index (χ3n) is 4.44. The molecule has 0 fully saturated rings. The Morgan fingerprint density at radius 3 is 2.69 bits per heavy atom. The van der Waals surface area contributed by atoms with Crippen LogP contribution in [0.5, 0.6) is 0 Å². The average molecular weight is 409 g/mol. The molecule has 4 rings (SSSR count). The van der Waals surface area contributed by atoms with E-state index in [2.05, 4.69) is 15.1 Å². The van der Waals surface area contributed by atoms with E-state index < -0.39 is 11.1 Å². The van der Waals surface area contributed by atoms with Crippen LogP contribution in [0.15, 0.2) is 56.6 Å². The van der Waals surface area contributed by atoms with Gasteiger partial charge in [-0.25, -0.2) is 0 Å². The SMILES string of the molecule is CC(C)n1c(=O)c(=O)[nH]c2cc(-c3noc(/C=C/c4ccccc4Cl)n3)ccc21. The van der Waals surface area contributed by atoms with Crippen LogP contribution in [-0.4, -0.2) is 19.7 Å². The maximum absolute atomic E-state index is 12.2. The van der Waals surface area contributed by atoms with Crippen molar-refractivity contribution in [2.45, 2.75) is 19.9 Å². The van der Waals surface area contributed by atoms with E-state index in [4.69, 9.17) is 16.1 Å². The van der Waals surface area contributed by atoms with Gasteiger partial charge in [0.1, 0.15) is 0 Å². The molecule has 0 amide bonds. The largest absolute Gasteiger partial charge is 0.334 e. The van der Waals surface area contributed by atoms with Crippen LogP contribution in [0.25, 0.3) is 34.6 Å². The fourth-order valence-electron chi connectivity index (χ4n) is 3.08. The van der Waals surface area contributed by atoms with E-state index >= 15 is 0 Å². The molecule has 2 aromatic heterocycles. The summed E-state index contributed by atoms with van der Waals surface area (Å²) < 4.78 is 6.74. The fraction of sp³-hybridized carbons (Fsp3) is 0.143. The van der Waals surface area contributed by atoms with Crippen molar-refractivity contribution >= 4 is 34.8 Å². The number of halogens is 1. The molecule has 4 aromatic rings. The van der Waals surface area contributed by atoms with Crippen LogP contribution < -0.4 is 11.1 Å². The van der Waals surface area contributed by atoms with Crippen molar-refractivity contribution in [1.82, 2.24) is 19.7 Å². The van der Waals surface area contributed by atoms with Crippen LogP contribution in [0.2, 0.25) is 5.02 Å². The summed E-state index contributed by atoms with van der Waals surface area (Å²) in [5.41, 5.74) is 1.41. The zero-order valence-electron chi connectivity index (χ0n) is 15.7. The lowest BCUT2D eigenvalue weighted by Gasteiger charge is -2.13. The average Bonchev–Trinajstić information content (AvgIpc) is 3.17. The highest BCUT2D eigenvalue weighted by Crippen LogP contribution is 2.22. The molecule has 8 heteroatoms. The Labute approximate surface area is 170 Å². The summed E-state index contributed by atoms with van der Waals surface area (Å²) in [5.74, 6) is 0.689. The smallest absolute Gasteiger partial charge is 0.316 e. The Kier molecular flexibility index (Phi) is 4.90. The second kappa shape index (κ2) is 7.52. The molecule has 2 aromatic carbocycles. The molecule has 7 nitrogen and oxygen atoms in total. The van der Waals surface area contributed by atoms with Crippen molar-refractivity contribution in [3.63, 3.8) is 0 Å². The fourth-order valence-corrected chi connectivity index (χ4v) is 3.28. The molecular formula is C21H17ClN4O3. The number of rotatable bonds is 4. The molecule has 0 atom stereocenters. The number of benzene rings is 2. The summed E-state index contributed by atoms with van der Waals surface area (Å²) in [7, 11) is 0. The second-order valence-corrected chi connectivity index (χ2v) is 7.17. The Morgan fingerprint density at radius 1 is 1.14 bits per heavy atom. The van der Waals surface area contributed by atoms with E-state index in [1.165, 1.54) is 4.57 Å². The number of aromatic amines is 1. The quantitative estimate of drug-likeness (QED) is 0.512. The first-order valence-electron chi connectivity index (χ1n) is 8.99. The number of nitrogens with one attached hydrogen (secondary N) is 1. The summed E-state index contributed by atoms with van der Waals surface area (Å²) in [5, 5.41) is 4.62. The van der Waals surface area contributed by atoms with Gasteiger partial charge in [0.2, 0.25) is 5.82 Å². The zero-order valence-corrected chi connectivity index (χ0v) is 16.5. The lowest BCUT2D eigenvalue weighted by molar-refractivity contribution is 0.411. The van der Waals surface area contributed by atoms with Gasteiger partial charge in [-0.2, -0.15) is 4.98 Å². The number of nitrogens with zero attached hydrogens (tertiary/aromatic N) is 3. The predicted molar refractivity (Wildman–Crippen MR) is 113 cm³/mol. The molecule has 2 heterocycles. The second-order valence-electron chi connectivity index (χ2n) is 6.77. The molecule has 0 saturated carbocycles. The highest BCUT2D eigenvalue weighted by molar-refractivity contribution is 6.32. The van der Waals surface area contributed by atoms with E-state index in [0.29, 0.717) is 33.3 Å². The van der Waals surface area contributed by atoms with Gasteiger partial charge in [0.25, 0.3) is 5.89 Å². The van der Waals surface area contributed by atoms with Crippen LogP contribution in [0.3, 0.4) is 0 Å². The molecular weight excluding hydrogens is 392 g/mol. The van der Waals surface area contributed by atoms with E-state index in [1.807, 2.05) is 32.0 Å². The zero-order chi connectivity index (χ0) is 20.5. The molecule has 0 aliphatic carbocycles. The van der Waals surface area contributed by atoms with Gasteiger partial charge in [0, 0.05) is 22.7 Å². The minimum absolute atomic E-state index is 0.148. The van der Waals surface area contributed by atoms with Crippen LogP contribution in [-0.2, 0) is 0 Å². The predicted octanol–water partition coefficient (Wildman–Crippen LogP) is 4.14. The molecule has 0 unspecified atom stereocenters. The lowest BCUT2D eigenvalue weighted by Crippen LogP contribution is -2.37. The third-order valence-corrected chi connectivity index (χ3v) is 4.79. The Balaban J connectivity index is 1.71. The summed E-state index contributed by atoms with van der Waals surface area (Å²) >= 11 is 6.13. The van der Waals surface area contributed by atoms with Crippen molar-refractivity contribution in [2.24, 2.45) is 0 Å². The lowest BCUT2D eigenvalue weighted by atomic mass is 10.1. The maximum Gasteiger partial charge on any atom is 0.316 e. The molecule has 0 bridgehead atoms. The summed E-state index contributed by atoms with van der Waals surface area (Å²) in [6.07, 6.45) is 3.47. The highest BCUT2D eigenvalue weighted by Gasteiger charge is 2.13. The Hall–Kier alpha value is -3.45. The minimum Gasteiger partial charge on any atom is -0.334 e. The van der Waals surface area contributed by atoms with Crippen molar-refractivity contribution in [1.29, 1.82) is 0 Å². The maximum atomic E-state index is 12.2. The molecule has 0 saturated heterocycles. The number of fused-ring (bicyclic) bond motifs is 1. The monoisotopic (exact) mass is 408 g/mol. The van der Waals surface area contributed by atoms with E-state index in [0.717, 1.165) is 5.56 Å². The first kappa shape index (κ1) is 18.9. The van der Waals surface area contributed by atoms with Crippen LogP contribution in [0.1, 0.15) is 31.3 Å². The summed E-state index contributed by atoms with van der Waals surface area (Å²) in [6.45, 7) is 3.70. The standard InChI is InChI=1S/C21H17ClN4O3/c1-12(2)26-17-9-7-14(11-16(17)23-20(27)21(26)28)19-24-18(29-25-19)10-8-13-5-3-4-6-15(13)22/h3-12H,1-2H3,(H,23,27)/b10-8+. The molecule has 0 aliphatic heterocycles. The van der Waals surface area contributed by atoms with Gasteiger partial charge in [-0.3, -0.25) is 14.2 Å². The highest BCUT2D eigenvalue weighted by atomic mass is 35.5. The van der Waals surface area contributed by atoms with Crippen molar-refractivity contribution in [3.8, 4) is 11.4 Å². The van der Waals surface area contributed by atoms with Gasteiger partial charge in [-0.1, -0.05) is 35.0 Å². The van der Waals surface area contributed by atoms with Crippen molar-refractivity contribution < 1.29 is 4.52 Å². The van der Waals surface area contributed by atoms with Gasteiger partial charge >= 0.3 is 11.1 Å². The van der Waals surface area contributed by atoms with Crippen LogP contribution in [0, 0.1) is 0 Å². The first-order valence-corrected chi connectivity index (χ1v) is 9.37. The van der Waals surface area contributed by atoms with Gasteiger partial charge < -0.3 is 9.51 Å². The number of H-pyrrole nitrogens is 1. The molecule has 29 heavy (non-hydrogen) atoms. The van der Waals surface area contributed by atoms with Crippen molar-refractivity contribution in [2.75, 3.05) is 0 Å². The van der Waals surface area contributed by atoms with Crippen LogP contribution in [0.4, 0.5) is 0 Å². The summed E-state index contributed by atoms with van der Waals surface area (Å²) in [6, 6.07) is 12.5. The minimum atomic E-state index is -0.667.